The van der Waals surface area contributed by atoms with Crippen molar-refractivity contribution in [1.29, 1.82) is 0 Å². The predicted molar refractivity (Wildman–Crippen MR) is 85.5 cm³/mol. The zero-order valence-electron chi connectivity index (χ0n) is 12.9. The van der Waals surface area contributed by atoms with E-state index in [0.717, 1.165) is 44.3 Å². The summed E-state index contributed by atoms with van der Waals surface area (Å²) in [7, 11) is 0. The van der Waals surface area contributed by atoms with Crippen molar-refractivity contribution in [2.45, 2.75) is 46.3 Å². The Balaban J connectivity index is 1.77. The van der Waals surface area contributed by atoms with Crippen molar-refractivity contribution in [2.75, 3.05) is 31.1 Å². The van der Waals surface area contributed by atoms with Crippen LogP contribution >= 0.6 is 11.3 Å². The van der Waals surface area contributed by atoms with Crippen LogP contribution in [0.15, 0.2) is 6.20 Å². The number of nitrogens with one attached hydrogen (secondary N) is 1. The number of ether oxygens (including phenoxy) is 1. The Kier molecular flexibility index (Phi) is 6.26. The summed E-state index contributed by atoms with van der Waals surface area (Å²) in [5.41, 5.74) is 0. The first-order valence-corrected chi connectivity index (χ1v) is 8.62. The predicted octanol–water partition coefficient (Wildman–Crippen LogP) is 2.89. The van der Waals surface area contributed by atoms with Crippen molar-refractivity contribution >= 4 is 16.5 Å². The monoisotopic (exact) mass is 297 g/mol. The molecule has 0 radical (unpaired) electrons. The number of rotatable bonds is 8. The maximum Gasteiger partial charge on any atom is 0.185 e. The molecule has 20 heavy (non-hydrogen) atoms. The van der Waals surface area contributed by atoms with Crippen LogP contribution in [0, 0.1) is 5.92 Å². The molecule has 114 valence electrons. The third-order valence-corrected chi connectivity index (χ3v) is 5.09. The molecular weight excluding hydrogens is 270 g/mol. The van der Waals surface area contributed by atoms with Gasteiger partial charge in [-0.05, 0) is 32.6 Å². The van der Waals surface area contributed by atoms with Crippen molar-refractivity contribution in [2.24, 2.45) is 5.92 Å². The average molecular weight is 297 g/mol. The fourth-order valence-electron chi connectivity index (χ4n) is 2.78. The number of thiazole rings is 1. The maximum absolute atomic E-state index is 5.73. The van der Waals surface area contributed by atoms with E-state index in [4.69, 9.17) is 4.74 Å². The van der Waals surface area contributed by atoms with Crippen molar-refractivity contribution in [3.63, 3.8) is 0 Å². The molecule has 0 spiro atoms. The maximum atomic E-state index is 5.73. The number of hydrogen-bond donors (Lipinski definition) is 1. The first-order valence-electron chi connectivity index (χ1n) is 7.80. The second-order valence-electron chi connectivity index (χ2n) is 5.28. The third-order valence-electron chi connectivity index (χ3n) is 4.03. The summed E-state index contributed by atoms with van der Waals surface area (Å²) in [4.78, 5) is 8.14. The highest BCUT2D eigenvalue weighted by Gasteiger charge is 2.26. The van der Waals surface area contributed by atoms with Gasteiger partial charge in [0, 0.05) is 43.9 Å². The van der Waals surface area contributed by atoms with Crippen LogP contribution in [0.5, 0.6) is 0 Å². The van der Waals surface area contributed by atoms with Crippen LogP contribution in [0.2, 0.25) is 0 Å². The molecule has 1 N–H and O–H groups in total. The van der Waals surface area contributed by atoms with Gasteiger partial charge in [-0.2, -0.15) is 0 Å². The molecule has 1 aromatic heterocycles. The van der Waals surface area contributed by atoms with E-state index in [1.54, 1.807) is 11.3 Å². The largest absolute Gasteiger partial charge is 0.378 e. The molecule has 0 saturated carbocycles. The van der Waals surface area contributed by atoms with Gasteiger partial charge < -0.3 is 15.0 Å². The summed E-state index contributed by atoms with van der Waals surface area (Å²) < 4.78 is 5.73. The zero-order chi connectivity index (χ0) is 14.4. The Bertz CT molecular complexity index is 392. The van der Waals surface area contributed by atoms with E-state index >= 15 is 0 Å². The lowest BCUT2D eigenvalue weighted by Gasteiger charge is -2.17. The van der Waals surface area contributed by atoms with Gasteiger partial charge in [-0.15, -0.1) is 11.3 Å². The summed E-state index contributed by atoms with van der Waals surface area (Å²) in [6.45, 7) is 11.5. The van der Waals surface area contributed by atoms with E-state index in [1.165, 1.54) is 11.3 Å². The first kappa shape index (κ1) is 15.7. The molecule has 1 aromatic rings. The molecule has 1 aliphatic heterocycles. The second-order valence-corrected chi connectivity index (χ2v) is 6.37. The fourth-order valence-corrected chi connectivity index (χ4v) is 3.78. The van der Waals surface area contributed by atoms with E-state index in [2.05, 4.69) is 36.0 Å². The highest BCUT2D eigenvalue weighted by Crippen LogP contribution is 2.24. The SMILES string of the molecule is CCC1OCCC1CNCc1cnc(N(CC)CC)s1. The highest BCUT2D eigenvalue weighted by molar-refractivity contribution is 7.15. The van der Waals surface area contributed by atoms with Crippen molar-refractivity contribution < 1.29 is 4.74 Å². The van der Waals surface area contributed by atoms with Gasteiger partial charge in [0.2, 0.25) is 0 Å². The molecule has 2 unspecified atom stereocenters. The van der Waals surface area contributed by atoms with E-state index in [-0.39, 0.29) is 0 Å². The number of hydrogen-bond acceptors (Lipinski definition) is 5. The molecule has 2 rings (SSSR count). The summed E-state index contributed by atoms with van der Waals surface area (Å²) in [6, 6.07) is 0. The van der Waals surface area contributed by atoms with Gasteiger partial charge in [0.15, 0.2) is 5.13 Å². The Hall–Kier alpha value is -0.650. The summed E-state index contributed by atoms with van der Waals surface area (Å²) in [5, 5.41) is 4.71. The van der Waals surface area contributed by atoms with Crippen LogP contribution in [0.25, 0.3) is 0 Å². The normalized spacial score (nSPS) is 22.4. The fraction of sp³-hybridized carbons (Fsp3) is 0.800. The molecule has 0 amide bonds. The summed E-state index contributed by atoms with van der Waals surface area (Å²) >= 11 is 1.80. The first-order chi connectivity index (χ1) is 9.78. The van der Waals surface area contributed by atoms with Gasteiger partial charge >= 0.3 is 0 Å². The quantitative estimate of drug-likeness (QED) is 0.800. The summed E-state index contributed by atoms with van der Waals surface area (Å²) in [5.74, 6) is 0.676. The van der Waals surface area contributed by atoms with Crippen molar-refractivity contribution in [1.82, 2.24) is 10.3 Å². The molecule has 4 nitrogen and oxygen atoms in total. The molecule has 2 atom stereocenters. The molecule has 0 bridgehead atoms. The number of aromatic nitrogens is 1. The van der Waals surface area contributed by atoms with Crippen molar-refractivity contribution in [3.8, 4) is 0 Å². The second kappa shape index (κ2) is 7.96. The smallest absolute Gasteiger partial charge is 0.185 e. The Morgan fingerprint density at radius 1 is 1.40 bits per heavy atom. The Labute approximate surface area is 126 Å². The standard InChI is InChI=1S/C15H27N3OS/c1-4-14-12(7-8-19-14)9-16-10-13-11-17-15(20-13)18(5-2)6-3/h11-12,14,16H,4-10H2,1-3H3. The summed E-state index contributed by atoms with van der Waals surface area (Å²) in [6.07, 6.45) is 4.78. The highest BCUT2D eigenvalue weighted by atomic mass is 32.1. The van der Waals surface area contributed by atoms with E-state index in [9.17, 15) is 0 Å². The van der Waals surface area contributed by atoms with Crippen molar-refractivity contribution in [3.05, 3.63) is 11.1 Å². The van der Waals surface area contributed by atoms with E-state index in [0.29, 0.717) is 12.0 Å². The van der Waals surface area contributed by atoms with Crippen LogP contribution in [0.1, 0.15) is 38.5 Å². The molecular formula is C15H27N3OS. The minimum absolute atomic E-state index is 0.454. The van der Waals surface area contributed by atoms with Crippen LogP contribution in [-0.2, 0) is 11.3 Å². The van der Waals surface area contributed by atoms with Gasteiger partial charge in [0.05, 0.1) is 6.10 Å². The van der Waals surface area contributed by atoms with Gasteiger partial charge in [0.1, 0.15) is 0 Å². The number of anilines is 1. The third kappa shape index (κ3) is 3.93. The minimum Gasteiger partial charge on any atom is -0.378 e. The van der Waals surface area contributed by atoms with Crippen LogP contribution in [0.4, 0.5) is 5.13 Å². The minimum atomic E-state index is 0.454. The van der Waals surface area contributed by atoms with E-state index < -0.39 is 0 Å². The lowest BCUT2D eigenvalue weighted by Crippen LogP contribution is -2.27. The van der Waals surface area contributed by atoms with Gasteiger partial charge in [-0.25, -0.2) is 4.98 Å². The Morgan fingerprint density at radius 2 is 2.20 bits per heavy atom. The average Bonchev–Trinajstić information content (AvgIpc) is 3.10. The van der Waals surface area contributed by atoms with Crippen LogP contribution < -0.4 is 10.2 Å². The van der Waals surface area contributed by atoms with Gasteiger partial charge in [-0.1, -0.05) is 6.92 Å². The topological polar surface area (TPSA) is 37.4 Å². The van der Waals surface area contributed by atoms with Gasteiger partial charge in [0.25, 0.3) is 0 Å². The Morgan fingerprint density at radius 3 is 2.90 bits per heavy atom. The molecule has 0 aromatic carbocycles. The zero-order valence-corrected chi connectivity index (χ0v) is 13.7. The van der Waals surface area contributed by atoms with E-state index in [1.807, 2.05) is 6.20 Å². The lowest BCUT2D eigenvalue weighted by molar-refractivity contribution is 0.0872. The molecule has 1 fully saturated rings. The molecule has 2 heterocycles. The number of nitrogens with zero attached hydrogens (tertiary/aromatic N) is 2. The molecule has 0 aliphatic carbocycles. The molecule has 5 heteroatoms. The van der Waals surface area contributed by atoms with Crippen LogP contribution in [0.3, 0.4) is 0 Å². The van der Waals surface area contributed by atoms with Crippen LogP contribution in [-0.4, -0.2) is 37.3 Å². The molecule has 1 saturated heterocycles. The van der Waals surface area contributed by atoms with Gasteiger partial charge in [-0.3, -0.25) is 0 Å². The molecule has 1 aliphatic rings. The lowest BCUT2D eigenvalue weighted by atomic mass is 10.00.